The summed E-state index contributed by atoms with van der Waals surface area (Å²) < 4.78 is 10.4. The molecule has 0 heterocycles. The summed E-state index contributed by atoms with van der Waals surface area (Å²) in [5, 5.41) is 7.45. The van der Waals surface area contributed by atoms with Gasteiger partial charge >= 0.3 is 0 Å². The number of ether oxygens (including phenoxy) is 2. The SMILES string of the molecule is CCNC(=NCC1(CCOC)CC1)NCCc1ccc(OC)cc1Cl. The highest BCUT2D eigenvalue weighted by atomic mass is 35.5. The highest BCUT2D eigenvalue weighted by Crippen LogP contribution is 2.48. The highest BCUT2D eigenvalue weighted by molar-refractivity contribution is 6.31. The first-order valence-electron chi connectivity index (χ1n) is 8.96. The second-order valence-corrected chi connectivity index (χ2v) is 6.98. The Morgan fingerprint density at radius 3 is 2.68 bits per heavy atom. The van der Waals surface area contributed by atoms with E-state index in [1.807, 2.05) is 18.2 Å². The van der Waals surface area contributed by atoms with Crippen LogP contribution in [0.15, 0.2) is 23.2 Å². The van der Waals surface area contributed by atoms with Gasteiger partial charge in [-0.25, -0.2) is 0 Å². The Hall–Kier alpha value is -1.46. The van der Waals surface area contributed by atoms with Crippen LogP contribution >= 0.6 is 11.6 Å². The van der Waals surface area contributed by atoms with Gasteiger partial charge in [-0.3, -0.25) is 4.99 Å². The molecule has 1 aromatic carbocycles. The Morgan fingerprint density at radius 1 is 1.28 bits per heavy atom. The number of guanidine groups is 1. The van der Waals surface area contributed by atoms with Gasteiger partial charge < -0.3 is 20.1 Å². The normalized spacial score (nSPS) is 15.8. The van der Waals surface area contributed by atoms with Gasteiger partial charge in [0.25, 0.3) is 0 Å². The van der Waals surface area contributed by atoms with Crippen molar-refractivity contribution in [1.82, 2.24) is 10.6 Å². The number of aliphatic imine (C=N–C) groups is 1. The number of rotatable bonds is 10. The number of methoxy groups -OCH3 is 2. The molecule has 1 aliphatic carbocycles. The molecule has 0 radical (unpaired) electrons. The van der Waals surface area contributed by atoms with Crippen LogP contribution in [-0.4, -0.2) is 46.4 Å². The summed E-state index contributed by atoms with van der Waals surface area (Å²) in [4.78, 5) is 4.77. The van der Waals surface area contributed by atoms with Crippen molar-refractivity contribution in [3.05, 3.63) is 28.8 Å². The van der Waals surface area contributed by atoms with Crippen LogP contribution < -0.4 is 15.4 Å². The topological polar surface area (TPSA) is 54.9 Å². The minimum Gasteiger partial charge on any atom is -0.497 e. The molecule has 1 aromatic rings. The lowest BCUT2D eigenvalue weighted by Crippen LogP contribution is -2.38. The van der Waals surface area contributed by atoms with Gasteiger partial charge in [-0.05, 0) is 55.7 Å². The van der Waals surface area contributed by atoms with Crippen LogP contribution in [0.2, 0.25) is 5.02 Å². The van der Waals surface area contributed by atoms with Crippen LogP contribution in [0, 0.1) is 5.41 Å². The molecule has 140 valence electrons. The first kappa shape index (κ1) is 19.9. The Labute approximate surface area is 156 Å². The first-order valence-corrected chi connectivity index (χ1v) is 9.34. The smallest absolute Gasteiger partial charge is 0.191 e. The Balaban J connectivity index is 1.84. The summed E-state index contributed by atoms with van der Waals surface area (Å²) in [5.41, 5.74) is 1.46. The van der Waals surface area contributed by atoms with Crippen molar-refractivity contribution in [1.29, 1.82) is 0 Å². The number of nitrogens with zero attached hydrogens (tertiary/aromatic N) is 1. The van der Waals surface area contributed by atoms with E-state index in [4.69, 9.17) is 26.1 Å². The molecule has 0 amide bonds. The summed E-state index contributed by atoms with van der Waals surface area (Å²) in [5.74, 6) is 1.65. The highest BCUT2D eigenvalue weighted by Gasteiger charge is 2.41. The van der Waals surface area contributed by atoms with Gasteiger partial charge in [0.1, 0.15) is 5.75 Å². The fourth-order valence-electron chi connectivity index (χ4n) is 2.74. The molecule has 0 unspecified atom stereocenters. The van der Waals surface area contributed by atoms with Crippen LogP contribution in [0.25, 0.3) is 0 Å². The zero-order valence-corrected chi connectivity index (χ0v) is 16.3. The molecular weight excluding hydrogens is 338 g/mol. The van der Waals surface area contributed by atoms with Crippen molar-refractivity contribution in [2.75, 3.05) is 40.5 Å². The standard InChI is InChI=1S/C19H30ClN3O2/c1-4-21-18(23-14-19(8-9-19)10-12-24-2)22-11-7-15-5-6-16(25-3)13-17(15)20/h5-6,13H,4,7-12,14H2,1-3H3,(H2,21,22,23). The lowest BCUT2D eigenvalue weighted by Gasteiger charge is -2.15. The van der Waals surface area contributed by atoms with E-state index in [-0.39, 0.29) is 0 Å². The Kier molecular flexibility index (Phi) is 7.85. The van der Waals surface area contributed by atoms with Crippen molar-refractivity contribution >= 4 is 17.6 Å². The molecule has 0 aromatic heterocycles. The van der Waals surface area contributed by atoms with Gasteiger partial charge in [0.2, 0.25) is 0 Å². The van der Waals surface area contributed by atoms with E-state index in [1.54, 1.807) is 14.2 Å². The molecule has 0 aliphatic heterocycles. The molecule has 1 saturated carbocycles. The lowest BCUT2D eigenvalue weighted by molar-refractivity contribution is 0.174. The molecule has 1 fully saturated rings. The summed E-state index contributed by atoms with van der Waals surface area (Å²) in [6, 6.07) is 5.80. The monoisotopic (exact) mass is 367 g/mol. The van der Waals surface area contributed by atoms with Crippen molar-refractivity contribution in [2.24, 2.45) is 10.4 Å². The second kappa shape index (κ2) is 9.88. The molecule has 25 heavy (non-hydrogen) atoms. The van der Waals surface area contributed by atoms with Gasteiger partial charge in [-0.1, -0.05) is 17.7 Å². The van der Waals surface area contributed by atoms with Crippen molar-refractivity contribution in [3.63, 3.8) is 0 Å². The number of nitrogens with one attached hydrogen (secondary N) is 2. The lowest BCUT2D eigenvalue weighted by atomic mass is 10.0. The number of halogens is 1. The molecule has 0 bridgehead atoms. The Bertz CT molecular complexity index is 574. The maximum Gasteiger partial charge on any atom is 0.191 e. The van der Waals surface area contributed by atoms with Gasteiger partial charge in [0.05, 0.1) is 7.11 Å². The molecule has 0 saturated heterocycles. The average molecular weight is 368 g/mol. The van der Waals surface area contributed by atoms with Crippen LogP contribution in [0.4, 0.5) is 0 Å². The van der Waals surface area contributed by atoms with Crippen LogP contribution in [0.1, 0.15) is 31.7 Å². The summed E-state index contributed by atoms with van der Waals surface area (Å²) in [6.07, 6.45) is 4.43. The van der Waals surface area contributed by atoms with Crippen molar-refractivity contribution < 1.29 is 9.47 Å². The van der Waals surface area contributed by atoms with E-state index in [9.17, 15) is 0 Å². The van der Waals surface area contributed by atoms with Crippen LogP contribution in [0.5, 0.6) is 5.75 Å². The number of benzene rings is 1. The zero-order chi connectivity index (χ0) is 18.1. The summed E-state index contributed by atoms with van der Waals surface area (Å²) in [7, 11) is 3.40. The summed E-state index contributed by atoms with van der Waals surface area (Å²) in [6.45, 7) is 5.38. The maximum absolute atomic E-state index is 6.30. The van der Waals surface area contributed by atoms with Gasteiger partial charge in [-0.15, -0.1) is 0 Å². The number of hydrogen-bond acceptors (Lipinski definition) is 3. The third-order valence-corrected chi connectivity index (χ3v) is 5.01. The molecule has 2 N–H and O–H groups in total. The van der Waals surface area contributed by atoms with E-state index in [0.29, 0.717) is 5.41 Å². The third-order valence-electron chi connectivity index (χ3n) is 4.66. The van der Waals surface area contributed by atoms with E-state index >= 15 is 0 Å². The van der Waals surface area contributed by atoms with Crippen molar-refractivity contribution in [2.45, 2.75) is 32.6 Å². The van der Waals surface area contributed by atoms with Gasteiger partial charge in [0, 0.05) is 38.4 Å². The van der Waals surface area contributed by atoms with Crippen LogP contribution in [-0.2, 0) is 11.2 Å². The van der Waals surface area contributed by atoms with E-state index in [2.05, 4.69) is 17.6 Å². The molecule has 2 rings (SSSR count). The fraction of sp³-hybridized carbons (Fsp3) is 0.632. The van der Waals surface area contributed by atoms with Crippen molar-refractivity contribution in [3.8, 4) is 5.75 Å². The summed E-state index contributed by atoms with van der Waals surface area (Å²) >= 11 is 6.30. The quantitative estimate of drug-likeness (QED) is 0.492. The first-order chi connectivity index (χ1) is 12.1. The fourth-order valence-corrected chi connectivity index (χ4v) is 3.01. The van der Waals surface area contributed by atoms with Gasteiger partial charge in [-0.2, -0.15) is 0 Å². The molecule has 1 aliphatic rings. The zero-order valence-electron chi connectivity index (χ0n) is 15.5. The minimum atomic E-state index is 0.359. The van der Waals surface area contributed by atoms with E-state index < -0.39 is 0 Å². The molecular formula is C19H30ClN3O2. The Morgan fingerprint density at radius 2 is 2.08 bits per heavy atom. The van der Waals surface area contributed by atoms with E-state index in [0.717, 1.165) is 61.4 Å². The molecule has 0 atom stereocenters. The molecule has 6 heteroatoms. The maximum atomic E-state index is 6.30. The average Bonchev–Trinajstić information content (AvgIpc) is 3.39. The molecule has 5 nitrogen and oxygen atoms in total. The largest absolute Gasteiger partial charge is 0.497 e. The molecule has 0 spiro atoms. The van der Waals surface area contributed by atoms with Gasteiger partial charge in [0.15, 0.2) is 5.96 Å². The third kappa shape index (κ3) is 6.40. The second-order valence-electron chi connectivity index (χ2n) is 6.57. The van der Waals surface area contributed by atoms with Crippen LogP contribution in [0.3, 0.4) is 0 Å². The van der Waals surface area contributed by atoms with E-state index in [1.165, 1.54) is 12.8 Å². The minimum absolute atomic E-state index is 0.359. The predicted molar refractivity (Wildman–Crippen MR) is 104 cm³/mol. The number of hydrogen-bond donors (Lipinski definition) is 2. The predicted octanol–water partition coefficient (Wildman–Crippen LogP) is 3.26.